The first-order valence-corrected chi connectivity index (χ1v) is 20.1. The normalized spacial score (nSPS) is 34.7. The highest BCUT2D eigenvalue weighted by Gasteiger charge is 2.53. The van der Waals surface area contributed by atoms with Crippen LogP contribution in [-0.2, 0) is 28.5 Å². The minimum atomic E-state index is -1.85. The van der Waals surface area contributed by atoms with E-state index in [1.165, 1.54) is 31.8 Å². The summed E-state index contributed by atoms with van der Waals surface area (Å²) in [6.45, 7) is 4.78. The van der Waals surface area contributed by atoms with Crippen LogP contribution in [0.4, 0.5) is 0 Å². The van der Waals surface area contributed by atoms with Crippen molar-refractivity contribution in [3.63, 3.8) is 0 Å². The molecule has 330 valence electrons. The van der Waals surface area contributed by atoms with Crippen molar-refractivity contribution in [2.75, 3.05) is 6.61 Å². The van der Waals surface area contributed by atoms with Gasteiger partial charge in [-0.3, -0.25) is 23.9 Å². The molecule has 4 rings (SSSR count). The lowest BCUT2D eigenvalue weighted by Gasteiger charge is -2.47. The summed E-state index contributed by atoms with van der Waals surface area (Å²) in [5.41, 5.74) is -1.68. The van der Waals surface area contributed by atoms with Crippen molar-refractivity contribution < 1.29 is 69.4 Å². The minimum Gasteiger partial charge on any atom is -0.394 e. The van der Waals surface area contributed by atoms with E-state index in [9.17, 15) is 60.0 Å². The number of unbranched alkanes of at least 4 members (excludes halogenated alkanes) is 7. The number of H-pyrrole nitrogens is 1. The Morgan fingerprint density at radius 1 is 0.828 bits per heavy atom. The third-order valence-electron chi connectivity index (χ3n) is 10.7. The van der Waals surface area contributed by atoms with Gasteiger partial charge >= 0.3 is 5.69 Å². The van der Waals surface area contributed by atoms with Crippen LogP contribution in [0.3, 0.4) is 0 Å². The highest BCUT2D eigenvalue weighted by Crippen LogP contribution is 2.34. The van der Waals surface area contributed by atoms with Gasteiger partial charge in [0.05, 0.1) is 18.8 Å². The monoisotopic (exact) mass is 830 g/mol. The second-order valence-corrected chi connectivity index (χ2v) is 15.8. The molecule has 0 spiro atoms. The van der Waals surface area contributed by atoms with E-state index in [2.05, 4.69) is 24.5 Å². The van der Waals surface area contributed by atoms with Crippen molar-refractivity contribution in [2.24, 2.45) is 5.92 Å². The third kappa shape index (κ3) is 12.7. The lowest BCUT2D eigenvalue weighted by molar-refractivity contribution is -0.346. The van der Waals surface area contributed by atoms with Gasteiger partial charge in [0.25, 0.3) is 5.56 Å². The molecule has 58 heavy (non-hydrogen) atoms. The fourth-order valence-corrected chi connectivity index (χ4v) is 7.45. The Bertz CT molecular complexity index is 1590. The molecule has 1 aromatic rings. The van der Waals surface area contributed by atoms with Crippen molar-refractivity contribution in [1.29, 1.82) is 0 Å². The van der Waals surface area contributed by atoms with Crippen LogP contribution in [0.5, 0.6) is 0 Å². The Morgan fingerprint density at radius 3 is 2.02 bits per heavy atom. The van der Waals surface area contributed by atoms with Crippen LogP contribution < -0.4 is 21.9 Å². The maximum Gasteiger partial charge on any atom is 0.330 e. The Morgan fingerprint density at radius 2 is 1.41 bits per heavy atom. The number of carbonyl (C=O) groups is 2. The number of rotatable bonds is 20. The topological polar surface area (TPSA) is 312 Å². The van der Waals surface area contributed by atoms with Gasteiger partial charge in [-0.2, -0.15) is 0 Å². The standard InChI is InChI=1S/C38H62N4O16/c1-19(2)13-11-9-7-5-4-6-8-10-12-14-24(46)40-27-31(51)28(48)22(55-37(27)58-36-26(39-20(3)44)30(50)29(49)23(18-43)56-36)17-21(45)34-32(52)33(53)35(57-34)42-16-15-25(47)41-38(42)54/h12,14-16,19,21-23,26-37,43,45,48-53H,4-11,13,17-18H2,1-3H3,(H,39,44)(H,40,46)(H,41,47,54)/b14-12+/t21?,22-,23+,26+,27-,28+,29+,30+,31-,32?,33?,34?,35?,36+,37+/m0/s1. The quantitative estimate of drug-likeness (QED) is 0.0479. The van der Waals surface area contributed by atoms with Crippen LogP contribution in [0.2, 0.25) is 0 Å². The van der Waals surface area contributed by atoms with E-state index in [0.29, 0.717) is 12.3 Å². The first-order valence-electron chi connectivity index (χ1n) is 20.1. The molecule has 20 nitrogen and oxygen atoms in total. The molecule has 0 bridgehead atoms. The number of amides is 2. The third-order valence-corrected chi connectivity index (χ3v) is 10.7. The van der Waals surface area contributed by atoms with Crippen LogP contribution in [0.25, 0.3) is 0 Å². The Hall–Kier alpha value is -3.12. The maximum absolute atomic E-state index is 13.1. The van der Waals surface area contributed by atoms with Crippen LogP contribution in [0.1, 0.15) is 91.2 Å². The molecule has 4 heterocycles. The zero-order valence-electron chi connectivity index (χ0n) is 33.1. The fraction of sp³-hybridized carbons (Fsp3) is 0.789. The van der Waals surface area contributed by atoms with Crippen LogP contribution in [0.15, 0.2) is 34.0 Å². The Labute approximate surface area is 335 Å². The number of hydrogen-bond acceptors (Lipinski definition) is 16. The summed E-state index contributed by atoms with van der Waals surface area (Å²) in [6.07, 6.45) is -8.97. The van der Waals surface area contributed by atoms with E-state index in [0.717, 1.165) is 49.4 Å². The predicted molar refractivity (Wildman–Crippen MR) is 202 cm³/mol. The number of hydrogen-bond donors (Lipinski definition) is 11. The molecule has 0 saturated carbocycles. The van der Waals surface area contributed by atoms with E-state index in [4.69, 9.17) is 18.9 Å². The fourth-order valence-electron chi connectivity index (χ4n) is 7.45. The molecule has 0 radical (unpaired) electrons. The Balaban J connectivity index is 1.46. The number of ether oxygens (including phenoxy) is 4. The van der Waals surface area contributed by atoms with Gasteiger partial charge in [0.1, 0.15) is 60.9 Å². The SMILES string of the molecule is CC(=O)N[C@H]1[C@@H](O[C@H]2O[C@@H](CC(O)C3OC(n4ccc(=O)[nH]c4=O)C(O)C3O)[C@@H](O)[C@@H](O)[C@@H]2NC(=O)/C=C/CCCCCCCCCC(C)C)O[C@H](CO)[C@@H](O)[C@@H]1O. The number of aromatic nitrogens is 2. The number of aliphatic hydroxyl groups excluding tert-OH is 8. The molecule has 2 amide bonds. The molecule has 0 aliphatic carbocycles. The average Bonchev–Trinajstić information content (AvgIpc) is 3.46. The van der Waals surface area contributed by atoms with Crippen LogP contribution >= 0.6 is 0 Å². The van der Waals surface area contributed by atoms with Gasteiger partial charge in [-0.25, -0.2) is 4.79 Å². The van der Waals surface area contributed by atoms with E-state index in [1.54, 1.807) is 6.08 Å². The number of nitrogens with one attached hydrogen (secondary N) is 3. The molecular weight excluding hydrogens is 768 g/mol. The van der Waals surface area contributed by atoms with Crippen molar-refractivity contribution in [3.8, 4) is 0 Å². The lowest BCUT2D eigenvalue weighted by atomic mass is 9.91. The first kappa shape index (κ1) is 47.6. The Kier molecular flexibility index (Phi) is 18.4. The lowest BCUT2D eigenvalue weighted by Crippen LogP contribution is -2.68. The average molecular weight is 831 g/mol. The molecular formula is C38H62N4O16. The molecule has 0 aromatic carbocycles. The first-order chi connectivity index (χ1) is 27.5. The summed E-state index contributed by atoms with van der Waals surface area (Å²) in [6, 6.07) is -2.01. The highest BCUT2D eigenvalue weighted by molar-refractivity contribution is 5.87. The van der Waals surface area contributed by atoms with E-state index < -0.39 is 128 Å². The number of aromatic amines is 1. The minimum absolute atomic E-state index is 0.598. The number of nitrogens with zero attached hydrogens (tertiary/aromatic N) is 1. The van der Waals surface area contributed by atoms with E-state index >= 15 is 0 Å². The predicted octanol–water partition coefficient (Wildman–Crippen LogP) is -2.48. The maximum atomic E-state index is 13.1. The van der Waals surface area contributed by atoms with Gasteiger partial charge in [-0.15, -0.1) is 0 Å². The van der Waals surface area contributed by atoms with E-state index in [1.807, 2.05) is 4.98 Å². The smallest absolute Gasteiger partial charge is 0.330 e. The summed E-state index contributed by atoms with van der Waals surface area (Å²) in [4.78, 5) is 51.1. The second-order valence-electron chi connectivity index (χ2n) is 15.8. The number of allylic oxidation sites excluding steroid dienone is 1. The zero-order chi connectivity index (χ0) is 42.7. The van der Waals surface area contributed by atoms with Crippen molar-refractivity contribution >= 4 is 11.8 Å². The number of carbonyl (C=O) groups excluding carboxylic acids is 2. The summed E-state index contributed by atoms with van der Waals surface area (Å²) < 4.78 is 24.1. The van der Waals surface area contributed by atoms with Crippen LogP contribution in [-0.4, -0.2) is 155 Å². The van der Waals surface area contributed by atoms with Gasteiger partial charge in [0, 0.05) is 25.6 Å². The molecule has 3 aliphatic rings. The summed E-state index contributed by atoms with van der Waals surface area (Å²) >= 11 is 0. The molecule has 3 aliphatic heterocycles. The molecule has 5 unspecified atom stereocenters. The highest BCUT2D eigenvalue weighted by atomic mass is 16.8. The van der Waals surface area contributed by atoms with Gasteiger partial charge < -0.3 is 70.4 Å². The van der Waals surface area contributed by atoms with Gasteiger partial charge in [-0.05, 0) is 24.8 Å². The summed E-state index contributed by atoms with van der Waals surface area (Å²) in [5, 5.41) is 91.4. The zero-order valence-corrected chi connectivity index (χ0v) is 33.1. The van der Waals surface area contributed by atoms with Gasteiger partial charge in [0.15, 0.2) is 18.8 Å². The van der Waals surface area contributed by atoms with Crippen molar-refractivity contribution in [1.82, 2.24) is 20.2 Å². The molecule has 20 heteroatoms. The van der Waals surface area contributed by atoms with Crippen molar-refractivity contribution in [3.05, 3.63) is 45.3 Å². The summed E-state index contributed by atoms with van der Waals surface area (Å²) in [7, 11) is 0. The molecule has 3 fully saturated rings. The van der Waals surface area contributed by atoms with Crippen LogP contribution in [0, 0.1) is 5.92 Å². The molecule has 1 aromatic heterocycles. The largest absolute Gasteiger partial charge is 0.394 e. The number of aliphatic hydroxyl groups is 8. The van der Waals surface area contributed by atoms with Gasteiger partial charge in [0.2, 0.25) is 11.8 Å². The second kappa shape index (κ2) is 22.5. The van der Waals surface area contributed by atoms with Gasteiger partial charge in [-0.1, -0.05) is 64.9 Å². The molecule has 3 saturated heterocycles. The summed E-state index contributed by atoms with van der Waals surface area (Å²) in [5.74, 6) is -0.641. The van der Waals surface area contributed by atoms with Crippen molar-refractivity contribution in [2.45, 2.75) is 177 Å². The molecule has 11 N–H and O–H groups in total. The van der Waals surface area contributed by atoms with E-state index in [-0.39, 0.29) is 0 Å². The molecule has 15 atom stereocenters.